The van der Waals surface area contributed by atoms with Crippen molar-refractivity contribution in [3.8, 4) is 0 Å². The van der Waals surface area contributed by atoms with Crippen LogP contribution in [0.5, 0.6) is 0 Å². The fraction of sp³-hybridized carbons (Fsp3) is 0.375. The number of aromatic nitrogens is 2. The minimum absolute atomic E-state index is 0. The summed E-state index contributed by atoms with van der Waals surface area (Å²) in [5.74, 6) is 0. The van der Waals surface area contributed by atoms with Gasteiger partial charge in [-0.3, -0.25) is 0 Å². The summed E-state index contributed by atoms with van der Waals surface area (Å²) < 4.78 is 3.94. The summed E-state index contributed by atoms with van der Waals surface area (Å²) in [6.07, 6.45) is 7.66. The van der Waals surface area contributed by atoms with E-state index < -0.39 is 0 Å². The monoisotopic (exact) mass is 232 g/mol. The molecule has 12 heavy (non-hydrogen) atoms. The van der Waals surface area contributed by atoms with Crippen molar-refractivity contribution in [3.63, 3.8) is 0 Å². The molecule has 1 N–H and O–H groups in total. The van der Waals surface area contributed by atoms with Crippen molar-refractivity contribution in [2.45, 2.75) is 13.1 Å². The summed E-state index contributed by atoms with van der Waals surface area (Å²) in [5, 5.41) is 8.61. The molecule has 0 unspecified atom stereocenters. The molecule has 0 saturated carbocycles. The minimum Gasteiger partial charge on any atom is -1.00 e. The first-order valence-corrected chi connectivity index (χ1v) is 3.63. The summed E-state index contributed by atoms with van der Waals surface area (Å²) in [7, 11) is 0. The molecule has 0 spiro atoms. The third-order valence-corrected chi connectivity index (χ3v) is 1.44. The number of nitrogens with zero attached hydrogens (tertiary/aromatic N) is 2. The molecule has 68 valence electrons. The van der Waals surface area contributed by atoms with Gasteiger partial charge in [-0.15, -0.1) is 0 Å². The molecule has 1 heterocycles. The van der Waals surface area contributed by atoms with Gasteiger partial charge in [-0.05, 0) is 0 Å². The van der Waals surface area contributed by atoms with E-state index in [1.807, 2.05) is 33.9 Å². The number of hydrogen-bond acceptors (Lipinski definition) is 1. The molecule has 3 nitrogen and oxygen atoms in total. The smallest absolute Gasteiger partial charge is 0.244 e. The highest BCUT2D eigenvalue weighted by atomic mass is 79.9. The van der Waals surface area contributed by atoms with Crippen molar-refractivity contribution in [1.29, 1.82) is 0 Å². The van der Waals surface area contributed by atoms with E-state index >= 15 is 0 Å². The molecule has 0 aliphatic rings. The van der Waals surface area contributed by atoms with Crippen molar-refractivity contribution < 1.29 is 26.7 Å². The second kappa shape index (κ2) is 5.97. The Morgan fingerprint density at radius 1 is 1.58 bits per heavy atom. The molecule has 0 aliphatic carbocycles. The molecule has 0 atom stereocenters. The van der Waals surface area contributed by atoms with Gasteiger partial charge in [-0.1, -0.05) is 12.7 Å². The minimum atomic E-state index is 0. The number of halogens is 1. The summed E-state index contributed by atoms with van der Waals surface area (Å²) in [6.45, 7) is 5.29. The lowest BCUT2D eigenvalue weighted by molar-refractivity contribution is -0.697. The molecule has 0 saturated heterocycles. The van der Waals surface area contributed by atoms with Crippen LogP contribution in [0.25, 0.3) is 0 Å². The summed E-state index contributed by atoms with van der Waals surface area (Å²) >= 11 is 0. The van der Waals surface area contributed by atoms with Gasteiger partial charge in [0, 0.05) is 0 Å². The Morgan fingerprint density at radius 2 is 2.33 bits per heavy atom. The van der Waals surface area contributed by atoms with Crippen molar-refractivity contribution >= 4 is 0 Å². The SMILES string of the molecule is C=CCn1cc[n+](CCO)c1.[Br-]. The number of allylic oxidation sites excluding steroid dienone is 1. The topological polar surface area (TPSA) is 29.0 Å². The van der Waals surface area contributed by atoms with E-state index in [1.165, 1.54) is 0 Å². The van der Waals surface area contributed by atoms with Crippen LogP contribution in [0.2, 0.25) is 0 Å². The highest BCUT2D eigenvalue weighted by molar-refractivity contribution is 4.73. The van der Waals surface area contributed by atoms with E-state index in [2.05, 4.69) is 6.58 Å². The predicted octanol–water partition coefficient (Wildman–Crippen LogP) is -3.04. The Kier molecular flexibility index (Phi) is 5.66. The maximum Gasteiger partial charge on any atom is 0.244 e. The van der Waals surface area contributed by atoms with Crippen LogP contribution >= 0.6 is 0 Å². The van der Waals surface area contributed by atoms with Crippen LogP contribution in [-0.4, -0.2) is 16.3 Å². The highest BCUT2D eigenvalue weighted by Crippen LogP contribution is 1.83. The highest BCUT2D eigenvalue weighted by Gasteiger charge is 1.99. The lowest BCUT2D eigenvalue weighted by Crippen LogP contribution is -3.00. The number of imidazole rings is 1. The zero-order valence-corrected chi connectivity index (χ0v) is 8.44. The first-order valence-electron chi connectivity index (χ1n) is 3.63. The van der Waals surface area contributed by atoms with E-state index in [4.69, 9.17) is 5.11 Å². The van der Waals surface area contributed by atoms with Crippen LogP contribution in [0.3, 0.4) is 0 Å². The van der Waals surface area contributed by atoms with Crippen molar-refractivity contribution in [2.75, 3.05) is 6.61 Å². The third-order valence-electron chi connectivity index (χ3n) is 1.44. The normalized spacial score (nSPS) is 9.08. The Bertz CT molecular complexity index is 235. The van der Waals surface area contributed by atoms with Gasteiger partial charge in [-0.25, -0.2) is 9.13 Å². The van der Waals surface area contributed by atoms with Gasteiger partial charge in [0.2, 0.25) is 6.33 Å². The molecule has 1 aromatic rings. The van der Waals surface area contributed by atoms with Gasteiger partial charge in [-0.2, -0.15) is 0 Å². The second-order valence-electron chi connectivity index (χ2n) is 2.36. The van der Waals surface area contributed by atoms with Crippen LogP contribution in [0.1, 0.15) is 0 Å². The summed E-state index contributed by atoms with van der Waals surface area (Å²) in [5.41, 5.74) is 0. The van der Waals surface area contributed by atoms with Gasteiger partial charge in [0.05, 0.1) is 6.61 Å². The Morgan fingerprint density at radius 3 is 2.92 bits per heavy atom. The predicted molar refractivity (Wildman–Crippen MR) is 41.9 cm³/mol. The number of hydrogen-bond donors (Lipinski definition) is 1. The van der Waals surface area contributed by atoms with Crippen LogP contribution in [-0.2, 0) is 13.1 Å². The average Bonchev–Trinajstić information content (AvgIpc) is 2.38. The molecule has 0 fully saturated rings. The van der Waals surface area contributed by atoms with Crippen molar-refractivity contribution in [2.24, 2.45) is 0 Å². The standard InChI is InChI=1S/C8H13N2O.BrH/c1-2-3-9-4-5-10(8-9)6-7-11;/h2,4-5,8,11H,1,3,6-7H2;1H/q+1;/p-1. The van der Waals surface area contributed by atoms with E-state index in [1.54, 1.807) is 0 Å². The van der Waals surface area contributed by atoms with Crippen molar-refractivity contribution in [1.82, 2.24) is 4.57 Å². The zero-order chi connectivity index (χ0) is 8.10. The fourth-order valence-electron chi connectivity index (χ4n) is 0.944. The Balaban J connectivity index is 0.00000121. The molecular weight excluding hydrogens is 220 g/mol. The van der Waals surface area contributed by atoms with Gasteiger partial charge in [0.25, 0.3) is 0 Å². The van der Waals surface area contributed by atoms with E-state index in [0.717, 1.165) is 6.54 Å². The van der Waals surface area contributed by atoms with E-state index in [9.17, 15) is 0 Å². The Labute approximate surface area is 82.7 Å². The summed E-state index contributed by atoms with van der Waals surface area (Å²) in [6, 6.07) is 0. The molecule has 0 bridgehead atoms. The van der Waals surface area contributed by atoms with E-state index in [0.29, 0.717) is 6.54 Å². The third kappa shape index (κ3) is 3.19. The average molecular weight is 233 g/mol. The van der Waals surface area contributed by atoms with Crippen LogP contribution in [0, 0.1) is 0 Å². The van der Waals surface area contributed by atoms with Gasteiger partial charge in [0.15, 0.2) is 0 Å². The first kappa shape index (κ1) is 11.4. The largest absolute Gasteiger partial charge is 1.00 e. The number of rotatable bonds is 4. The maximum atomic E-state index is 8.61. The van der Waals surface area contributed by atoms with Crippen LogP contribution in [0.15, 0.2) is 31.4 Å². The van der Waals surface area contributed by atoms with Crippen LogP contribution in [0.4, 0.5) is 0 Å². The quantitative estimate of drug-likeness (QED) is 0.434. The number of aliphatic hydroxyl groups is 1. The summed E-state index contributed by atoms with van der Waals surface area (Å²) in [4.78, 5) is 0. The van der Waals surface area contributed by atoms with Gasteiger partial charge < -0.3 is 22.1 Å². The molecule has 0 amide bonds. The molecule has 1 aromatic heterocycles. The Hall–Kier alpha value is -0.610. The zero-order valence-electron chi connectivity index (χ0n) is 6.86. The molecule has 0 aromatic carbocycles. The molecule has 0 radical (unpaired) electrons. The van der Waals surface area contributed by atoms with Gasteiger partial charge in [0.1, 0.15) is 25.5 Å². The molecular formula is C8H13BrN2O. The lowest BCUT2D eigenvalue weighted by atomic mass is 10.6. The van der Waals surface area contributed by atoms with Gasteiger partial charge >= 0.3 is 0 Å². The molecule has 1 rings (SSSR count). The van der Waals surface area contributed by atoms with Crippen LogP contribution < -0.4 is 21.5 Å². The molecule has 4 heteroatoms. The first-order chi connectivity index (χ1) is 5.36. The lowest BCUT2D eigenvalue weighted by Gasteiger charge is -1.88. The van der Waals surface area contributed by atoms with Crippen molar-refractivity contribution in [3.05, 3.63) is 31.4 Å². The van der Waals surface area contributed by atoms with E-state index in [-0.39, 0.29) is 23.6 Å². The second-order valence-corrected chi connectivity index (χ2v) is 2.36. The fourth-order valence-corrected chi connectivity index (χ4v) is 0.944. The maximum absolute atomic E-state index is 8.61. The number of aliphatic hydroxyl groups excluding tert-OH is 1. The molecule has 0 aliphatic heterocycles.